The predicted octanol–water partition coefficient (Wildman–Crippen LogP) is 8.17. The fourth-order valence-corrected chi connectivity index (χ4v) is 8.61. The highest BCUT2D eigenvalue weighted by atomic mass is 32.9. The highest BCUT2D eigenvalue weighted by Crippen LogP contribution is 2.61. The maximum atomic E-state index is 5.07. The van der Waals surface area contributed by atoms with Crippen molar-refractivity contribution in [2.24, 2.45) is 0 Å². The quantitative estimate of drug-likeness (QED) is 0.208. The normalized spacial score (nSPS) is 12.0. The molecule has 0 spiro atoms. The van der Waals surface area contributed by atoms with Gasteiger partial charge in [0.1, 0.15) is 0 Å². The van der Waals surface area contributed by atoms with Crippen molar-refractivity contribution in [3.63, 3.8) is 0 Å². The average molecular weight is 413 g/mol. The molecule has 0 aliphatic carbocycles. The molecule has 0 saturated carbocycles. The summed E-state index contributed by atoms with van der Waals surface area (Å²) in [5.41, 5.74) is 0. The van der Waals surface area contributed by atoms with Gasteiger partial charge in [0.15, 0.2) is 0 Å². The van der Waals surface area contributed by atoms with Crippen LogP contribution in [0.1, 0.15) is 92.9 Å². The van der Waals surface area contributed by atoms with Crippen molar-refractivity contribution >= 4 is 36.6 Å². The molecule has 0 rings (SSSR count). The van der Waals surface area contributed by atoms with Crippen molar-refractivity contribution in [3.05, 3.63) is 0 Å². The fraction of sp³-hybridized carbons (Fsp3) is 1.00. The Morgan fingerprint density at radius 2 is 0.875 bits per heavy atom. The molecule has 0 aliphatic rings. The number of rotatable bonds is 14. The Labute approximate surface area is 166 Å². The van der Waals surface area contributed by atoms with Crippen molar-refractivity contribution in [1.29, 1.82) is 0 Å². The standard InChI is InChI=1S/C16H36P.C4H11PS2/c1-5-9-13-17(14-10-6-2,15-11-7-3)16-12-8-4;1-3-5(6,7)4-2/h5-16H2,1-4H3;3-4H2,1-2H3,(H,6,7)/q+1;/p-1. The molecule has 0 radical (unpaired) electrons. The summed E-state index contributed by atoms with van der Waals surface area (Å²) in [6, 6.07) is 0. The van der Waals surface area contributed by atoms with Crippen LogP contribution < -0.4 is 0 Å². The molecule has 0 fully saturated rings. The van der Waals surface area contributed by atoms with Gasteiger partial charge in [0.2, 0.25) is 0 Å². The topological polar surface area (TPSA) is 0 Å². The molecule has 0 aromatic carbocycles. The van der Waals surface area contributed by atoms with Gasteiger partial charge in [-0.05, 0) is 38.0 Å². The van der Waals surface area contributed by atoms with Crippen LogP contribution in [0.2, 0.25) is 0 Å². The first-order chi connectivity index (χ1) is 11.4. The van der Waals surface area contributed by atoms with E-state index in [1.165, 1.54) is 51.4 Å². The Balaban J connectivity index is 0. The molecule has 0 amide bonds. The lowest BCUT2D eigenvalue weighted by atomic mass is 10.4. The third-order valence-electron chi connectivity index (χ3n) is 4.91. The van der Waals surface area contributed by atoms with Crippen molar-refractivity contribution in [2.45, 2.75) is 92.9 Å². The molecule has 0 heterocycles. The van der Waals surface area contributed by atoms with Crippen LogP contribution >= 0.6 is 12.5 Å². The van der Waals surface area contributed by atoms with Crippen LogP contribution in [0.4, 0.5) is 0 Å². The summed E-state index contributed by atoms with van der Waals surface area (Å²) in [7, 11) is -0.562. The largest absolute Gasteiger partial charge is 0.746 e. The van der Waals surface area contributed by atoms with Gasteiger partial charge in [0.25, 0.3) is 0 Å². The van der Waals surface area contributed by atoms with Crippen molar-refractivity contribution in [1.82, 2.24) is 0 Å². The van der Waals surface area contributed by atoms with Crippen molar-refractivity contribution < 1.29 is 0 Å². The fourth-order valence-electron chi connectivity index (χ4n) is 2.87. The van der Waals surface area contributed by atoms with Gasteiger partial charge in [-0.2, -0.15) is 5.24 Å². The van der Waals surface area contributed by atoms with Gasteiger partial charge < -0.3 is 12.2 Å². The molecule has 0 aromatic rings. The summed E-state index contributed by atoms with van der Waals surface area (Å²) in [6.07, 6.45) is 20.0. The van der Waals surface area contributed by atoms with Gasteiger partial charge in [-0.25, -0.2) is 0 Å². The van der Waals surface area contributed by atoms with E-state index in [1.54, 1.807) is 24.6 Å². The highest BCUT2D eigenvalue weighted by Gasteiger charge is 2.34. The van der Waals surface area contributed by atoms with E-state index in [0.717, 1.165) is 12.3 Å². The van der Waals surface area contributed by atoms with Gasteiger partial charge >= 0.3 is 0 Å². The van der Waals surface area contributed by atoms with Crippen molar-refractivity contribution in [2.75, 3.05) is 37.0 Å². The summed E-state index contributed by atoms with van der Waals surface area (Å²) in [5, 5.41) is -1.24. The van der Waals surface area contributed by atoms with Crippen LogP contribution in [0.5, 0.6) is 0 Å². The first kappa shape index (κ1) is 27.6. The smallest absolute Gasteiger partial charge is 0.0594 e. The second-order valence-electron chi connectivity index (χ2n) is 7.10. The molecule has 4 heteroatoms. The predicted molar refractivity (Wildman–Crippen MR) is 129 cm³/mol. The lowest BCUT2D eigenvalue weighted by Gasteiger charge is -2.28. The zero-order valence-electron chi connectivity index (χ0n) is 17.6. The summed E-state index contributed by atoms with van der Waals surface area (Å²) >= 11 is 10.1. The summed E-state index contributed by atoms with van der Waals surface area (Å²) in [4.78, 5) is 0. The van der Waals surface area contributed by atoms with E-state index in [9.17, 15) is 0 Å². The van der Waals surface area contributed by atoms with E-state index >= 15 is 0 Å². The lowest BCUT2D eigenvalue weighted by molar-refractivity contribution is 0.814. The van der Waals surface area contributed by atoms with Gasteiger partial charge in [-0.1, -0.05) is 67.2 Å². The minimum Gasteiger partial charge on any atom is -0.746 e. The van der Waals surface area contributed by atoms with Gasteiger partial charge in [-0.15, -0.1) is 11.8 Å². The monoisotopic (exact) mass is 412 g/mol. The molecule has 0 unspecified atom stereocenters. The first-order valence-electron chi connectivity index (χ1n) is 10.5. The van der Waals surface area contributed by atoms with Gasteiger partial charge in [0.05, 0.1) is 24.6 Å². The van der Waals surface area contributed by atoms with Crippen LogP contribution in [-0.4, -0.2) is 37.0 Å². The number of hydrogen-bond acceptors (Lipinski definition) is 2. The zero-order chi connectivity index (χ0) is 18.9. The molecule has 24 heavy (non-hydrogen) atoms. The van der Waals surface area contributed by atoms with E-state index in [2.05, 4.69) is 41.5 Å². The highest BCUT2D eigenvalue weighted by molar-refractivity contribution is 8.55. The number of hydrogen-bond donors (Lipinski definition) is 0. The van der Waals surface area contributed by atoms with E-state index in [-0.39, 0.29) is 0 Å². The minimum absolute atomic E-state index is 0.562. The Morgan fingerprint density at radius 1 is 0.625 bits per heavy atom. The zero-order valence-corrected chi connectivity index (χ0v) is 21.0. The van der Waals surface area contributed by atoms with Crippen LogP contribution in [0.3, 0.4) is 0 Å². The second-order valence-corrected chi connectivity index (χ2v) is 19.4. The van der Waals surface area contributed by atoms with Gasteiger partial charge in [-0.3, -0.25) is 0 Å². The molecular formula is C20H46P2S2. The Morgan fingerprint density at radius 3 is 1.00 bits per heavy atom. The second kappa shape index (κ2) is 17.8. The molecule has 148 valence electrons. The number of unbranched alkanes of at least 4 members (excludes halogenated alkanes) is 4. The van der Waals surface area contributed by atoms with E-state index < -0.39 is 12.5 Å². The van der Waals surface area contributed by atoms with Crippen LogP contribution in [-0.2, 0) is 24.1 Å². The van der Waals surface area contributed by atoms with Crippen LogP contribution in [0.15, 0.2) is 0 Å². The van der Waals surface area contributed by atoms with Crippen molar-refractivity contribution in [3.8, 4) is 0 Å². The van der Waals surface area contributed by atoms with Gasteiger partial charge in [0, 0.05) is 7.26 Å². The van der Waals surface area contributed by atoms with E-state index in [1.807, 2.05) is 0 Å². The third-order valence-corrected chi connectivity index (χ3v) is 15.0. The van der Waals surface area contributed by atoms with E-state index in [4.69, 9.17) is 24.1 Å². The Kier molecular flexibility index (Phi) is 20.5. The molecule has 0 aliphatic heterocycles. The van der Waals surface area contributed by atoms with E-state index in [0.29, 0.717) is 0 Å². The minimum atomic E-state index is -1.24. The first-order valence-corrected chi connectivity index (χ1v) is 17.2. The summed E-state index contributed by atoms with van der Waals surface area (Å²) in [6.45, 7) is 13.6. The Hall–Kier alpha value is 1.43. The molecule has 0 N–H and O–H groups in total. The third kappa shape index (κ3) is 15.7. The SMILES string of the molecule is CCCC[P+](CCCC)(CCCC)CCCC.CCP(=S)([S-])CC. The van der Waals surface area contributed by atoms with Crippen LogP contribution in [0, 0.1) is 0 Å². The molecule has 0 aromatic heterocycles. The maximum Gasteiger partial charge on any atom is 0.0594 e. The lowest BCUT2D eigenvalue weighted by Crippen LogP contribution is -2.12. The maximum absolute atomic E-state index is 5.07. The molecule has 0 atom stereocenters. The van der Waals surface area contributed by atoms with Crippen LogP contribution in [0.25, 0.3) is 0 Å². The Bertz CT molecular complexity index is 261. The summed E-state index contributed by atoms with van der Waals surface area (Å²) in [5.74, 6) is 0. The molecular weight excluding hydrogens is 366 g/mol. The molecule has 0 bridgehead atoms. The molecule has 0 nitrogen and oxygen atoms in total. The molecule has 0 saturated heterocycles. The summed E-state index contributed by atoms with van der Waals surface area (Å²) < 4.78 is 0. The average Bonchev–Trinajstić information content (AvgIpc) is 2.61.